The number of rotatable bonds is 2. The highest BCUT2D eigenvalue weighted by Gasteiger charge is 2.60. The second-order valence-corrected chi connectivity index (χ2v) is 10.5. The number of anilines is 2. The van der Waals surface area contributed by atoms with Crippen LogP contribution in [-0.2, 0) is 9.59 Å². The predicted molar refractivity (Wildman–Crippen MR) is 118 cm³/mol. The first-order valence-electron chi connectivity index (χ1n) is 11.5. The lowest BCUT2D eigenvalue weighted by molar-refractivity contribution is -0.129. The van der Waals surface area contributed by atoms with Gasteiger partial charge in [-0.2, -0.15) is 0 Å². The van der Waals surface area contributed by atoms with E-state index in [1.165, 1.54) is 0 Å². The van der Waals surface area contributed by atoms with Crippen LogP contribution in [0.2, 0.25) is 0 Å². The van der Waals surface area contributed by atoms with Gasteiger partial charge in [0.1, 0.15) is 0 Å². The van der Waals surface area contributed by atoms with Gasteiger partial charge in [0.25, 0.3) is 0 Å². The van der Waals surface area contributed by atoms with Crippen LogP contribution in [0.15, 0.2) is 36.4 Å². The van der Waals surface area contributed by atoms with Crippen LogP contribution < -0.4 is 16.4 Å². The number of nitrogen functional groups attached to an aromatic ring is 1. The van der Waals surface area contributed by atoms with Gasteiger partial charge in [-0.15, -0.1) is 0 Å². The summed E-state index contributed by atoms with van der Waals surface area (Å²) in [6.45, 7) is 4.70. The van der Waals surface area contributed by atoms with E-state index >= 15 is 0 Å². The highest BCUT2D eigenvalue weighted by molar-refractivity contribution is 5.93. The predicted octanol–water partition coefficient (Wildman–Crippen LogP) is 4.12. The molecule has 30 heavy (non-hydrogen) atoms. The van der Waals surface area contributed by atoms with Crippen molar-refractivity contribution in [2.75, 3.05) is 11.1 Å². The molecular formula is C25H33N3O2. The lowest BCUT2D eigenvalue weighted by Gasteiger charge is -2.58. The number of carbonyl (C=O) groups is 2. The van der Waals surface area contributed by atoms with Crippen molar-refractivity contribution >= 4 is 23.2 Å². The minimum Gasteiger partial charge on any atom is -0.399 e. The van der Waals surface area contributed by atoms with Gasteiger partial charge in [0.15, 0.2) is 0 Å². The summed E-state index contributed by atoms with van der Waals surface area (Å²) in [5, 5.41) is 6.37. The molecule has 3 fully saturated rings. The second-order valence-electron chi connectivity index (χ2n) is 10.5. The fraction of sp³-hybridized carbons (Fsp3) is 0.600. The fourth-order valence-corrected chi connectivity index (χ4v) is 7.56. The zero-order valence-electron chi connectivity index (χ0n) is 18.0. The van der Waals surface area contributed by atoms with Crippen molar-refractivity contribution in [3.05, 3.63) is 36.4 Å². The topological polar surface area (TPSA) is 84.2 Å². The van der Waals surface area contributed by atoms with Crippen molar-refractivity contribution in [3.63, 3.8) is 0 Å². The summed E-state index contributed by atoms with van der Waals surface area (Å²) in [7, 11) is 0. The molecule has 0 unspecified atom stereocenters. The SMILES string of the molecule is C[C@]12C=CC(=O)N[C@@H]1CC[C@@H]1[C@@H]2CC[C@]2(C)[C@@H](C(=O)Nc3ccc(N)cc3)CC[C@@H]12. The molecule has 3 saturated carbocycles. The highest BCUT2D eigenvalue weighted by Crippen LogP contribution is 2.65. The Morgan fingerprint density at radius 2 is 1.83 bits per heavy atom. The van der Waals surface area contributed by atoms with Crippen LogP contribution >= 0.6 is 0 Å². The molecular weight excluding hydrogens is 374 g/mol. The molecule has 5 rings (SSSR count). The number of nitrogens with one attached hydrogen (secondary N) is 2. The first kappa shape index (κ1) is 19.7. The molecule has 0 aromatic heterocycles. The van der Waals surface area contributed by atoms with Gasteiger partial charge in [-0.25, -0.2) is 0 Å². The van der Waals surface area contributed by atoms with Crippen molar-refractivity contribution in [3.8, 4) is 0 Å². The molecule has 1 aromatic carbocycles. The van der Waals surface area contributed by atoms with Gasteiger partial charge >= 0.3 is 0 Å². The van der Waals surface area contributed by atoms with Gasteiger partial charge in [0.2, 0.25) is 11.8 Å². The maximum Gasteiger partial charge on any atom is 0.243 e. The Hall–Kier alpha value is -2.30. The maximum absolute atomic E-state index is 13.2. The Balaban J connectivity index is 1.36. The van der Waals surface area contributed by atoms with E-state index in [4.69, 9.17) is 5.73 Å². The van der Waals surface area contributed by atoms with Crippen LogP contribution in [0, 0.1) is 34.5 Å². The van der Waals surface area contributed by atoms with Gasteiger partial charge in [0.05, 0.1) is 0 Å². The summed E-state index contributed by atoms with van der Waals surface area (Å²) in [5.74, 6) is 2.09. The molecule has 1 heterocycles. The van der Waals surface area contributed by atoms with E-state index in [-0.39, 0.29) is 34.6 Å². The Bertz CT molecular complexity index is 894. The Morgan fingerprint density at radius 1 is 1.07 bits per heavy atom. The van der Waals surface area contributed by atoms with Crippen molar-refractivity contribution in [2.45, 2.75) is 58.4 Å². The molecule has 5 nitrogen and oxygen atoms in total. The van der Waals surface area contributed by atoms with E-state index in [1.54, 1.807) is 6.08 Å². The van der Waals surface area contributed by atoms with Crippen molar-refractivity contribution in [2.24, 2.45) is 34.5 Å². The molecule has 3 aliphatic carbocycles. The minimum absolute atomic E-state index is 0.0441. The number of carbonyl (C=O) groups excluding carboxylic acids is 2. The van der Waals surface area contributed by atoms with Gasteiger partial charge in [-0.3, -0.25) is 9.59 Å². The van der Waals surface area contributed by atoms with E-state index in [1.807, 2.05) is 24.3 Å². The third-order valence-corrected chi connectivity index (χ3v) is 9.18. The number of hydrogen-bond acceptors (Lipinski definition) is 3. The van der Waals surface area contributed by atoms with Crippen molar-refractivity contribution in [1.82, 2.24) is 5.32 Å². The van der Waals surface area contributed by atoms with E-state index in [0.29, 0.717) is 23.4 Å². The summed E-state index contributed by atoms with van der Waals surface area (Å²) in [6, 6.07) is 7.67. The van der Waals surface area contributed by atoms with E-state index in [9.17, 15) is 9.59 Å². The molecule has 1 aliphatic heterocycles. The summed E-state index contributed by atoms with van der Waals surface area (Å²) in [6.07, 6.45) is 10.5. The monoisotopic (exact) mass is 407 g/mol. The zero-order valence-corrected chi connectivity index (χ0v) is 18.0. The number of amides is 2. The van der Waals surface area contributed by atoms with Crippen molar-refractivity contribution in [1.29, 1.82) is 0 Å². The molecule has 0 spiro atoms. The first-order valence-corrected chi connectivity index (χ1v) is 11.5. The summed E-state index contributed by atoms with van der Waals surface area (Å²) < 4.78 is 0. The first-order chi connectivity index (χ1) is 14.3. The van der Waals surface area contributed by atoms with Crippen LogP contribution in [0.3, 0.4) is 0 Å². The van der Waals surface area contributed by atoms with Crippen LogP contribution in [0.25, 0.3) is 0 Å². The maximum atomic E-state index is 13.2. The van der Waals surface area contributed by atoms with E-state index in [2.05, 4.69) is 30.6 Å². The van der Waals surface area contributed by atoms with Gasteiger partial charge < -0.3 is 16.4 Å². The highest BCUT2D eigenvalue weighted by atomic mass is 16.2. The Labute approximate surface area is 178 Å². The van der Waals surface area contributed by atoms with E-state index in [0.717, 1.165) is 44.2 Å². The summed E-state index contributed by atoms with van der Waals surface area (Å²) in [5.41, 5.74) is 7.41. The third-order valence-electron chi connectivity index (χ3n) is 9.18. The lowest BCUT2D eigenvalue weighted by Crippen LogP contribution is -2.59. The normalized spacial score (nSPS) is 41.9. The molecule has 4 aliphatic rings. The third kappa shape index (κ3) is 2.89. The Morgan fingerprint density at radius 3 is 2.60 bits per heavy atom. The fourth-order valence-electron chi connectivity index (χ4n) is 7.56. The largest absolute Gasteiger partial charge is 0.399 e. The standard InChI is InChI=1S/C25H33N3O2/c1-24-13-11-19-17(7-10-21-25(19,2)14-12-22(29)28-21)18(24)8-9-20(24)23(30)27-16-5-3-15(26)4-6-16/h3-6,12,14,17-21H,7-11,13,26H2,1-2H3,(H,27,30)(H,28,29)/t17-,18-,19-,20+,21+,24-,25+/m0/s1. The number of benzene rings is 1. The van der Waals surface area contributed by atoms with Crippen LogP contribution in [0.4, 0.5) is 11.4 Å². The molecule has 0 saturated heterocycles. The smallest absolute Gasteiger partial charge is 0.243 e. The number of fused-ring (bicyclic) bond motifs is 5. The molecule has 160 valence electrons. The van der Waals surface area contributed by atoms with Crippen LogP contribution in [0.1, 0.15) is 52.4 Å². The molecule has 7 atom stereocenters. The number of nitrogens with two attached hydrogens (primary N) is 1. The lowest BCUT2D eigenvalue weighted by atomic mass is 9.48. The summed E-state index contributed by atoms with van der Waals surface area (Å²) in [4.78, 5) is 25.1. The molecule has 5 heteroatoms. The zero-order chi connectivity index (χ0) is 21.1. The van der Waals surface area contributed by atoms with Crippen molar-refractivity contribution < 1.29 is 9.59 Å². The average Bonchev–Trinajstić information content (AvgIpc) is 3.07. The quantitative estimate of drug-likeness (QED) is 0.645. The van der Waals surface area contributed by atoms with E-state index < -0.39 is 0 Å². The van der Waals surface area contributed by atoms with Gasteiger partial charge in [-0.05, 0) is 92.0 Å². The van der Waals surface area contributed by atoms with Crippen LogP contribution in [0.5, 0.6) is 0 Å². The minimum atomic E-state index is 0.0441. The second kappa shape index (κ2) is 6.86. The molecule has 2 amide bonds. The van der Waals surface area contributed by atoms with Crippen LogP contribution in [-0.4, -0.2) is 17.9 Å². The molecule has 0 radical (unpaired) electrons. The molecule has 0 bridgehead atoms. The van der Waals surface area contributed by atoms with Gasteiger partial charge in [-0.1, -0.05) is 19.9 Å². The number of hydrogen-bond donors (Lipinski definition) is 3. The summed E-state index contributed by atoms with van der Waals surface area (Å²) >= 11 is 0. The Kier molecular flexibility index (Phi) is 4.49. The molecule has 1 aromatic rings. The molecule has 4 N–H and O–H groups in total. The van der Waals surface area contributed by atoms with Gasteiger partial charge in [0, 0.05) is 28.7 Å². The average molecular weight is 408 g/mol.